The molecule has 0 spiro atoms. The fourth-order valence-electron chi connectivity index (χ4n) is 2.27. The third-order valence-corrected chi connectivity index (χ3v) is 3.18. The minimum atomic E-state index is 0.746. The van der Waals surface area contributed by atoms with Gasteiger partial charge in [0.25, 0.3) is 0 Å². The Morgan fingerprint density at radius 2 is 1.60 bits per heavy atom. The minimum absolute atomic E-state index is 0.746. The van der Waals surface area contributed by atoms with E-state index in [2.05, 4.69) is 23.2 Å². The van der Waals surface area contributed by atoms with Crippen molar-refractivity contribution in [3.8, 4) is 28.1 Å². The first-order valence-electron chi connectivity index (χ1n) is 6.45. The van der Waals surface area contributed by atoms with E-state index in [1.165, 1.54) is 0 Å². The van der Waals surface area contributed by atoms with E-state index < -0.39 is 0 Å². The van der Waals surface area contributed by atoms with Crippen LogP contribution in [0.4, 0.5) is 0 Å². The number of methoxy groups -OCH3 is 1. The second-order valence-corrected chi connectivity index (χ2v) is 4.38. The van der Waals surface area contributed by atoms with E-state index in [9.17, 15) is 0 Å². The van der Waals surface area contributed by atoms with Crippen LogP contribution in [-0.2, 0) is 0 Å². The van der Waals surface area contributed by atoms with Gasteiger partial charge in [-0.3, -0.25) is 4.98 Å². The molecule has 0 aliphatic heterocycles. The molecule has 0 atom stereocenters. The maximum atomic E-state index is 5.41. The van der Waals surface area contributed by atoms with Crippen LogP contribution in [0.3, 0.4) is 0 Å². The van der Waals surface area contributed by atoms with Gasteiger partial charge < -0.3 is 4.74 Å². The van der Waals surface area contributed by atoms with Crippen molar-refractivity contribution < 1.29 is 4.74 Å². The summed E-state index contributed by atoms with van der Waals surface area (Å²) in [5.41, 5.74) is 4.16. The number of hydrogen-bond acceptors (Lipinski definition) is 2. The molecule has 0 fully saturated rings. The van der Waals surface area contributed by atoms with Gasteiger partial charge in [0.05, 0.1) is 12.8 Å². The summed E-state index contributed by atoms with van der Waals surface area (Å²) in [6, 6.07) is 23.1. The molecule has 20 heavy (non-hydrogen) atoms. The molecule has 1 aromatic heterocycles. The molecule has 0 N–H and O–H groups in total. The number of hydrogen-bond donors (Lipinski definition) is 0. The molecule has 97 valence electrons. The topological polar surface area (TPSA) is 22.1 Å². The van der Waals surface area contributed by atoms with E-state index in [1.807, 2.05) is 48.5 Å². The Balaban J connectivity index is 2.20. The van der Waals surface area contributed by atoms with E-state index in [1.54, 1.807) is 13.3 Å². The van der Waals surface area contributed by atoms with Crippen molar-refractivity contribution in [3.05, 3.63) is 72.9 Å². The van der Waals surface area contributed by atoms with Crippen LogP contribution in [-0.4, -0.2) is 12.1 Å². The van der Waals surface area contributed by atoms with Gasteiger partial charge in [-0.05, 0) is 17.7 Å². The van der Waals surface area contributed by atoms with Crippen molar-refractivity contribution in [2.24, 2.45) is 0 Å². The normalized spacial score (nSPS) is 10.2. The number of pyridine rings is 1. The van der Waals surface area contributed by atoms with Crippen LogP contribution in [0.5, 0.6) is 5.75 Å². The van der Waals surface area contributed by atoms with Gasteiger partial charge in [0.1, 0.15) is 5.75 Å². The smallest absolute Gasteiger partial charge is 0.134 e. The van der Waals surface area contributed by atoms with Crippen LogP contribution in [0.25, 0.3) is 22.4 Å². The van der Waals surface area contributed by atoms with E-state index in [0.29, 0.717) is 0 Å². The van der Waals surface area contributed by atoms with E-state index in [4.69, 9.17) is 4.74 Å². The van der Waals surface area contributed by atoms with Gasteiger partial charge in [0, 0.05) is 23.4 Å². The van der Waals surface area contributed by atoms with Crippen LogP contribution in [0.1, 0.15) is 0 Å². The average molecular weight is 260 g/mol. The highest BCUT2D eigenvalue weighted by Gasteiger charge is 2.11. The molecule has 0 saturated carbocycles. The van der Waals surface area contributed by atoms with Gasteiger partial charge in [-0.1, -0.05) is 48.5 Å². The largest absolute Gasteiger partial charge is 0.495 e. The molecule has 0 unspecified atom stereocenters. The molecule has 3 rings (SSSR count). The van der Waals surface area contributed by atoms with Gasteiger partial charge in [0.2, 0.25) is 0 Å². The predicted molar refractivity (Wildman–Crippen MR) is 80.5 cm³/mol. The molecule has 0 amide bonds. The first-order chi connectivity index (χ1) is 9.90. The lowest BCUT2D eigenvalue weighted by atomic mass is 9.96. The first-order valence-corrected chi connectivity index (χ1v) is 6.45. The SMILES string of the molecule is COc1[c]cccc1-c1ccccc1-c1ccccn1. The van der Waals surface area contributed by atoms with Gasteiger partial charge in [-0.2, -0.15) is 0 Å². The average Bonchev–Trinajstić information content (AvgIpc) is 2.55. The van der Waals surface area contributed by atoms with E-state index >= 15 is 0 Å². The number of aromatic nitrogens is 1. The Morgan fingerprint density at radius 3 is 2.35 bits per heavy atom. The summed E-state index contributed by atoms with van der Waals surface area (Å²) in [5.74, 6) is 0.746. The molecule has 3 aromatic rings. The maximum absolute atomic E-state index is 5.41. The number of ether oxygens (including phenoxy) is 1. The van der Waals surface area contributed by atoms with Crippen LogP contribution in [0, 0.1) is 6.07 Å². The molecule has 0 bridgehead atoms. The Morgan fingerprint density at radius 1 is 0.850 bits per heavy atom. The molecule has 2 heteroatoms. The van der Waals surface area contributed by atoms with Gasteiger partial charge >= 0.3 is 0 Å². The minimum Gasteiger partial charge on any atom is -0.495 e. The lowest BCUT2D eigenvalue weighted by Gasteiger charge is -2.12. The second kappa shape index (κ2) is 5.57. The zero-order valence-electron chi connectivity index (χ0n) is 11.2. The fraction of sp³-hybridized carbons (Fsp3) is 0.0556. The van der Waals surface area contributed by atoms with Crippen LogP contribution < -0.4 is 4.74 Å². The van der Waals surface area contributed by atoms with Crippen LogP contribution in [0.15, 0.2) is 66.9 Å². The summed E-state index contributed by atoms with van der Waals surface area (Å²) in [7, 11) is 1.67. The zero-order valence-corrected chi connectivity index (χ0v) is 11.2. The quantitative estimate of drug-likeness (QED) is 0.703. The fourth-order valence-corrected chi connectivity index (χ4v) is 2.27. The highest BCUT2D eigenvalue weighted by Crippen LogP contribution is 2.35. The highest BCUT2D eigenvalue weighted by atomic mass is 16.5. The molecule has 1 radical (unpaired) electrons. The van der Waals surface area contributed by atoms with Crippen molar-refractivity contribution in [1.29, 1.82) is 0 Å². The lowest BCUT2D eigenvalue weighted by molar-refractivity contribution is 0.415. The second-order valence-electron chi connectivity index (χ2n) is 4.38. The number of rotatable bonds is 3. The molecule has 2 aromatic carbocycles. The highest BCUT2D eigenvalue weighted by molar-refractivity contribution is 5.84. The van der Waals surface area contributed by atoms with Gasteiger partial charge in [0.15, 0.2) is 0 Å². The molecule has 0 aliphatic rings. The molecule has 0 saturated heterocycles. The van der Waals surface area contributed by atoms with Crippen molar-refractivity contribution in [2.75, 3.05) is 7.11 Å². The van der Waals surface area contributed by atoms with E-state index in [0.717, 1.165) is 28.1 Å². The summed E-state index contributed by atoms with van der Waals surface area (Å²) >= 11 is 0. The van der Waals surface area contributed by atoms with Crippen molar-refractivity contribution in [2.45, 2.75) is 0 Å². The van der Waals surface area contributed by atoms with Gasteiger partial charge in [-0.25, -0.2) is 0 Å². The first kappa shape index (κ1) is 12.4. The summed E-state index contributed by atoms with van der Waals surface area (Å²) < 4.78 is 5.41. The molecule has 2 nitrogen and oxygen atoms in total. The van der Waals surface area contributed by atoms with Crippen molar-refractivity contribution in [1.82, 2.24) is 4.98 Å². The Kier molecular flexibility index (Phi) is 3.46. The van der Waals surface area contributed by atoms with E-state index in [-0.39, 0.29) is 0 Å². The lowest BCUT2D eigenvalue weighted by Crippen LogP contribution is -1.91. The van der Waals surface area contributed by atoms with Crippen molar-refractivity contribution >= 4 is 0 Å². The third kappa shape index (κ3) is 2.28. The molecular weight excluding hydrogens is 246 g/mol. The van der Waals surface area contributed by atoms with Gasteiger partial charge in [-0.15, -0.1) is 0 Å². The standard InChI is InChI=1S/C18H14NO/c1-20-18-12-5-4-10-16(18)14-8-2-3-9-15(14)17-11-6-7-13-19-17/h2-11,13H,1H3. The molecule has 1 heterocycles. The number of nitrogens with zero attached hydrogens (tertiary/aromatic N) is 1. The summed E-state index contributed by atoms with van der Waals surface area (Å²) in [4.78, 5) is 4.44. The summed E-state index contributed by atoms with van der Waals surface area (Å²) in [6.07, 6.45) is 1.81. The predicted octanol–water partition coefficient (Wildman–Crippen LogP) is 4.22. The maximum Gasteiger partial charge on any atom is 0.134 e. The number of para-hydroxylation sites is 1. The molecule has 0 aliphatic carbocycles. The Labute approximate surface area is 118 Å². The Hall–Kier alpha value is -2.61. The number of benzene rings is 2. The van der Waals surface area contributed by atoms with Crippen LogP contribution in [0.2, 0.25) is 0 Å². The van der Waals surface area contributed by atoms with Crippen molar-refractivity contribution in [3.63, 3.8) is 0 Å². The summed E-state index contributed by atoms with van der Waals surface area (Å²) in [6.45, 7) is 0. The zero-order chi connectivity index (χ0) is 13.8. The summed E-state index contributed by atoms with van der Waals surface area (Å²) in [5, 5.41) is 0. The Bertz CT molecular complexity index is 707. The monoisotopic (exact) mass is 260 g/mol. The third-order valence-electron chi connectivity index (χ3n) is 3.18. The molecular formula is C18H14NO. The van der Waals surface area contributed by atoms with Crippen LogP contribution >= 0.6 is 0 Å².